The van der Waals surface area contributed by atoms with Gasteiger partial charge in [0.1, 0.15) is 0 Å². The molecule has 0 saturated heterocycles. The van der Waals surface area contributed by atoms with Crippen molar-refractivity contribution in [3.05, 3.63) is 52.7 Å². The van der Waals surface area contributed by atoms with E-state index in [0.717, 1.165) is 17.7 Å². The molecule has 1 atom stereocenters. The standard InChI is InChI=1S/C17H19ClN2O2S/c1-11(2)23(21,22)20-16-8-12-3-4-13(7-14(12)9-16)17-6-5-15(18)10-19-17/h3-7,10-11,16,20H,8-9H2,1-2H3/t16-/m0/s1. The minimum Gasteiger partial charge on any atom is -0.255 e. The van der Waals surface area contributed by atoms with Crippen LogP contribution in [0.4, 0.5) is 0 Å². The van der Waals surface area contributed by atoms with Gasteiger partial charge in [0.15, 0.2) is 0 Å². The SMILES string of the molecule is CC(C)S(=O)(=O)N[C@H]1Cc2ccc(-c3ccc(Cl)cn3)cc2C1. The third-order valence-electron chi connectivity index (χ3n) is 4.11. The Morgan fingerprint density at radius 1 is 1.17 bits per heavy atom. The molecule has 0 saturated carbocycles. The summed E-state index contributed by atoms with van der Waals surface area (Å²) in [5.41, 5.74) is 4.26. The molecule has 0 aliphatic heterocycles. The van der Waals surface area contributed by atoms with Crippen LogP contribution < -0.4 is 4.72 Å². The van der Waals surface area contributed by atoms with Crippen LogP contribution in [0.2, 0.25) is 5.02 Å². The van der Waals surface area contributed by atoms with E-state index in [2.05, 4.69) is 21.8 Å². The third kappa shape index (κ3) is 3.57. The molecule has 0 bridgehead atoms. The summed E-state index contributed by atoms with van der Waals surface area (Å²) in [6, 6.07) is 9.81. The van der Waals surface area contributed by atoms with Crippen molar-refractivity contribution >= 4 is 21.6 Å². The van der Waals surface area contributed by atoms with Gasteiger partial charge in [0.25, 0.3) is 0 Å². The Labute approximate surface area is 142 Å². The number of aromatic nitrogens is 1. The van der Waals surface area contributed by atoms with E-state index < -0.39 is 15.3 Å². The van der Waals surface area contributed by atoms with E-state index in [1.807, 2.05) is 18.2 Å². The summed E-state index contributed by atoms with van der Waals surface area (Å²) in [6.07, 6.45) is 3.07. The van der Waals surface area contributed by atoms with E-state index in [-0.39, 0.29) is 6.04 Å². The number of halogens is 1. The number of benzene rings is 1. The van der Waals surface area contributed by atoms with Gasteiger partial charge in [0.05, 0.1) is 16.0 Å². The van der Waals surface area contributed by atoms with Gasteiger partial charge in [-0.05, 0) is 56.0 Å². The van der Waals surface area contributed by atoms with Gasteiger partial charge in [0, 0.05) is 17.8 Å². The van der Waals surface area contributed by atoms with Crippen LogP contribution in [0, 0.1) is 0 Å². The quantitative estimate of drug-likeness (QED) is 0.921. The van der Waals surface area contributed by atoms with Gasteiger partial charge in [-0.15, -0.1) is 0 Å². The Kier molecular flexibility index (Phi) is 4.45. The maximum absolute atomic E-state index is 12.0. The molecular weight excluding hydrogens is 332 g/mol. The largest absolute Gasteiger partial charge is 0.255 e. The molecule has 1 aromatic carbocycles. The number of fused-ring (bicyclic) bond motifs is 1. The zero-order valence-electron chi connectivity index (χ0n) is 13.1. The molecule has 6 heteroatoms. The lowest BCUT2D eigenvalue weighted by molar-refractivity contribution is 0.547. The fraction of sp³-hybridized carbons (Fsp3) is 0.353. The highest BCUT2D eigenvalue weighted by Gasteiger charge is 2.27. The number of hydrogen-bond donors (Lipinski definition) is 1. The number of pyridine rings is 1. The van der Waals surface area contributed by atoms with E-state index in [9.17, 15) is 8.42 Å². The van der Waals surface area contributed by atoms with Crippen molar-refractivity contribution in [1.82, 2.24) is 9.71 Å². The molecule has 1 aliphatic carbocycles. The van der Waals surface area contributed by atoms with Crippen molar-refractivity contribution < 1.29 is 8.42 Å². The molecule has 0 radical (unpaired) electrons. The molecule has 1 heterocycles. The molecule has 122 valence electrons. The van der Waals surface area contributed by atoms with Gasteiger partial charge in [-0.3, -0.25) is 4.98 Å². The second-order valence-electron chi connectivity index (χ2n) is 6.16. The first kappa shape index (κ1) is 16.4. The van der Waals surface area contributed by atoms with Crippen LogP contribution in [0.15, 0.2) is 36.5 Å². The van der Waals surface area contributed by atoms with Crippen molar-refractivity contribution in [1.29, 1.82) is 0 Å². The highest BCUT2D eigenvalue weighted by atomic mass is 35.5. The average molecular weight is 351 g/mol. The molecule has 1 aromatic heterocycles. The van der Waals surface area contributed by atoms with Gasteiger partial charge in [-0.2, -0.15) is 0 Å². The Balaban J connectivity index is 1.80. The summed E-state index contributed by atoms with van der Waals surface area (Å²) >= 11 is 5.87. The fourth-order valence-electron chi connectivity index (χ4n) is 2.78. The Morgan fingerprint density at radius 2 is 1.91 bits per heavy atom. The molecule has 1 N–H and O–H groups in total. The lowest BCUT2D eigenvalue weighted by Gasteiger charge is -2.14. The molecule has 1 aliphatic rings. The molecular formula is C17H19ClN2O2S. The molecule has 23 heavy (non-hydrogen) atoms. The van der Waals surface area contributed by atoms with Crippen molar-refractivity contribution in [3.63, 3.8) is 0 Å². The summed E-state index contributed by atoms with van der Waals surface area (Å²) in [7, 11) is -3.24. The summed E-state index contributed by atoms with van der Waals surface area (Å²) in [6.45, 7) is 3.38. The maximum Gasteiger partial charge on any atom is 0.214 e. The number of nitrogens with one attached hydrogen (secondary N) is 1. The molecule has 3 rings (SSSR count). The van der Waals surface area contributed by atoms with Gasteiger partial charge < -0.3 is 0 Å². The molecule has 2 aromatic rings. The van der Waals surface area contributed by atoms with E-state index >= 15 is 0 Å². The Bertz CT molecular complexity index is 817. The topological polar surface area (TPSA) is 59.1 Å². The first-order valence-corrected chi connectivity index (χ1v) is 9.52. The first-order valence-electron chi connectivity index (χ1n) is 7.60. The Hall–Kier alpha value is -1.43. The molecule has 0 amide bonds. The predicted molar refractivity (Wildman–Crippen MR) is 93.1 cm³/mol. The van der Waals surface area contributed by atoms with E-state index in [1.165, 1.54) is 11.1 Å². The number of nitrogens with zero attached hydrogens (tertiary/aromatic N) is 1. The molecule has 4 nitrogen and oxygen atoms in total. The van der Waals surface area contributed by atoms with E-state index in [0.29, 0.717) is 11.4 Å². The zero-order chi connectivity index (χ0) is 16.6. The zero-order valence-corrected chi connectivity index (χ0v) is 14.7. The van der Waals surface area contributed by atoms with Crippen LogP contribution in [0.25, 0.3) is 11.3 Å². The highest BCUT2D eigenvalue weighted by molar-refractivity contribution is 7.90. The summed E-state index contributed by atoms with van der Waals surface area (Å²) in [5, 5.41) is 0.193. The van der Waals surface area contributed by atoms with Gasteiger partial charge in [-0.25, -0.2) is 13.1 Å². The fourth-order valence-corrected chi connectivity index (χ4v) is 3.79. The minimum absolute atomic E-state index is 0.0640. The Morgan fingerprint density at radius 3 is 2.57 bits per heavy atom. The van der Waals surface area contributed by atoms with E-state index in [1.54, 1.807) is 20.0 Å². The summed E-state index contributed by atoms with van der Waals surface area (Å²) in [4.78, 5) is 4.33. The van der Waals surface area contributed by atoms with Crippen LogP contribution in [0.1, 0.15) is 25.0 Å². The number of hydrogen-bond acceptors (Lipinski definition) is 3. The van der Waals surface area contributed by atoms with Crippen molar-refractivity contribution in [2.45, 2.75) is 38.0 Å². The van der Waals surface area contributed by atoms with Crippen molar-refractivity contribution in [2.24, 2.45) is 0 Å². The van der Waals surface area contributed by atoms with Crippen LogP contribution in [0.3, 0.4) is 0 Å². The lowest BCUT2D eigenvalue weighted by atomic mass is 10.0. The first-order chi connectivity index (χ1) is 10.8. The molecule has 0 fully saturated rings. The maximum atomic E-state index is 12.0. The van der Waals surface area contributed by atoms with Gasteiger partial charge in [0.2, 0.25) is 10.0 Å². The van der Waals surface area contributed by atoms with Crippen LogP contribution in [0.5, 0.6) is 0 Å². The van der Waals surface area contributed by atoms with Gasteiger partial charge >= 0.3 is 0 Å². The second kappa shape index (κ2) is 6.23. The average Bonchev–Trinajstić information content (AvgIpc) is 2.88. The smallest absolute Gasteiger partial charge is 0.214 e. The van der Waals surface area contributed by atoms with Crippen LogP contribution >= 0.6 is 11.6 Å². The minimum atomic E-state index is -3.24. The monoisotopic (exact) mass is 350 g/mol. The van der Waals surface area contributed by atoms with Gasteiger partial charge in [-0.1, -0.05) is 23.7 Å². The molecule has 0 spiro atoms. The lowest BCUT2D eigenvalue weighted by Crippen LogP contribution is -2.39. The van der Waals surface area contributed by atoms with Crippen LogP contribution in [-0.2, 0) is 22.9 Å². The summed E-state index contributed by atoms with van der Waals surface area (Å²) < 4.78 is 26.9. The normalized spacial score (nSPS) is 17.5. The highest BCUT2D eigenvalue weighted by Crippen LogP contribution is 2.28. The predicted octanol–water partition coefficient (Wildman–Crippen LogP) is 3.20. The van der Waals surface area contributed by atoms with Crippen molar-refractivity contribution in [2.75, 3.05) is 0 Å². The molecule has 0 unspecified atom stereocenters. The summed E-state index contributed by atoms with van der Waals surface area (Å²) in [5.74, 6) is 0. The number of sulfonamides is 1. The number of rotatable bonds is 4. The van der Waals surface area contributed by atoms with Crippen molar-refractivity contribution in [3.8, 4) is 11.3 Å². The third-order valence-corrected chi connectivity index (χ3v) is 6.24. The second-order valence-corrected chi connectivity index (χ2v) is 8.87. The van der Waals surface area contributed by atoms with E-state index in [4.69, 9.17) is 11.6 Å². The van der Waals surface area contributed by atoms with Crippen LogP contribution in [-0.4, -0.2) is 24.7 Å².